The summed E-state index contributed by atoms with van der Waals surface area (Å²) in [4.78, 5) is 19.6. The quantitative estimate of drug-likeness (QED) is 0.875. The molecule has 2 heterocycles. The summed E-state index contributed by atoms with van der Waals surface area (Å²) >= 11 is 0. The molecule has 0 aromatic heterocycles. The van der Waals surface area contributed by atoms with Crippen molar-refractivity contribution < 1.29 is 9.90 Å². The van der Waals surface area contributed by atoms with Gasteiger partial charge >= 0.3 is 0 Å². The molecule has 0 bridgehead atoms. The number of aliphatic hydroxyl groups is 1. The van der Waals surface area contributed by atoms with Gasteiger partial charge in [0.2, 0.25) is 5.78 Å². The van der Waals surface area contributed by atoms with Crippen LogP contribution in [0.5, 0.6) is 0 Å². The van der Waals surface area contributed by atoms with Crippen LogP contribution in [0.25, 0.3) is 0 Å². The van der Waals surface area contributed by atoms with E-state index in [1.165, 1.54) is 5.56 Å². The number of ketones is 1. The zero-order valence-electron chi connectivity index (χ0n) is 14.1. The minimum Gasteiger partial charge on any atom is -0.374 e. The zero-order valence-corrected chi connectivity index (χ0v) is 14.1. The molecule has 1 saturated heterocycles. The van der Waals surface area contributed by atoms with E-state index in [0.29, 0.717) is 30.1 Å². The number of carbonyl (C=O) groups excluding carboxylic acids is 1. The molecule has 2 aliphatic heterocycles. The Morgan fingerprint density at radius 2 is 1.75 bits per heavy atom. The molecule has 2 aliphatic rings. The van der Waals surface area contributed by atoms with Gasteiger partial charge in [-0.3, -0.25) is 4.79 Å². The number of anilines is 1. The van der Waals surface area contributed by atoms with Crippen LogP contribution in [0.1, 0.15) is 33.5 Å². The molecule has 1 N–H and O–H groups in total. The summed E-state index contributed by atoms with van der Waals surface area (Å²) in [6, 6.07) is 11.8. The molecule has 0 aliphatic carbocycles. The number of nitrogens with zero attached hydrogens (tertiary/aromatic N) is 2. The van der Waals surface area contributed by atoms with E-state index in [2.05, 4.69) is 4.99 Å². The van der Waals surface area contributed by atoms with Crippen LogP contribution < -0.4 is 4.90 Å². The lowest BCUT2D eigenvalue weighted by molar-refractivity contribution is 0.0602. The first-order valence-corrected chi connectivity index (χ1v) is 8.22. The Kier molecular flexibility index (Phi) is 3.15. The maximum atomic E-state index is 13.0. The van der Waals surface area contributed by atoms with Crippen molar-refractivity contribution in [3.63, 3.8) is 0 Å². The van der Waals surface area contributed by atoms with Crippen LogP contribution in [0.15, 0.2) is 41.4 Å². The minimum absolute atomic E-state index is 0.236. The van der Waals surface area contributed by atoms with E-state index >= 15 is 0 Å². The van der Waals surface area contributed by atoms with Crippen molar-refractivity contribution in [3.05, 3.63) is 58.7 Å². The molecule has 2 aromatic rings. The fraction of sp³-hybridized carbons (Fsp3) is 0.300. The molecule has 4 nitrogen and oxygen atoms in total. The predicted octanol–water partition coefficient (Wildman–Crippen LogP) is 3.48. The molecule has 122 valence electrons. The van der Waals surface area contributed by atoms with Crippen LogP contribution in [0, 0.1) is 20.8 Å². The minimum atomic E-state index is -1.51. The first kappa shape index (κ1) is 15.1. The fourth-order valence-corrected chi connectivity index (χ4v) is 3.47. The van der Waals surface area contributed by atoms with E-state index in [-0.39, 0.29) is 5.78 Å². The van der Waals surface area contributed by atoms with Crippen LogP contribution in [0.2, 0.25) is 0 Å². The molecule has 0 saturated carbocycles. The highest BCUT2D eigenvalue weighted by atomic mass is 16.3. The van der Waals surface area contributed by atoms with Crippen molar-refractivity contribution in [1.82, 2.24) is 0 Å². The average Bonchev–Trinajstić information content (AvgIpc) is 2.89. The van der Waals surface area contributed by atoms with Crippen molar-refractivity contribution >= 4 is 23.0 Å². The number of hydrogen-bond acceptors (Lipinski definition) is 4. The number of aryl methyl sites for hydroxylation is 3. The third-order valence-corrected chi connectivity index (χ3v) is 5.13. The number of fused-ring (bicyclic) bond motifs is 2. The molecule has 0 radical (unpaired) electrons. The van der Waals surface area contributed by atoms with Gasteiger partial charge in [-0.1, -0.05) is 17.7 Å². The maximum Gasteiger partial charge on any atom is 0.204 e. The van der Waals surface area contributed by atoms with Gasteiger partial charge < -0.3 is 10.0 Å². The predicted molar refractivity (Wildman–Crippen MR) is 95.4 cm³/mol. The van der Waals surface area contributed by atoms with E-state index in [1.807, 2.05) is 62.1 Å². The van der Waals surface area contributed by atoms with Crippen LogP contribution >= 0.6 is 0 Å². The maximum absolute atomic E-state index is 13.0. The number of amidine groups is 1. The topological polar surface area (TPSA) is 52.9 Å². The van der Waals surface area contributed by atoms with Gasteiger partial charge in [0.05, 0.1) is 5.69 Å². The summed E-state index contributed by atoms with van der Waals surface area (Å²) in [6.45, 7) is 6.59. The van der Waals surface area contributed by atoms with Crippen molar-refractivity contribution in [2.75, 3.05) is 11.4 Å². The number of benzene rings is 2. The van der Waals surface area contributed by atoms with Gasteiger partial charge in [-0.2, -0.15) is 0 Å². The van der Waals surface area contributed by atoms with Crippen LogP contribution in [0.3, 0.4) is 0 Å². The lowest BCUT2D eigenvalue weighted by Crippen LogP contribution is -2.48. The molecule has 4 rings (SSSR count). The first-order valence-electron chi connectivity index (χ1n) is 8.22. The summed E-state index contributed by atoms with van der Waals surface area (Å²) < 4.78 is 0. The van der Waals surface area contributed by atoms with E-state index in [4.69, 9.17) is 0 Å². The number of carbonyl (C=O) groups is 1. The van der Waals surface area contributed by atoms with Crippen molar-refractivity contribution in [2.45, 2.75) is 32.8 Å². The average molecular weight is 320 g/mol. The lowest BCUT2D eigenvalue weighted by atomic mass is 9.86. The van der Waals surface area contributed by atoms with E-state index in [1.54, 1.807) is 0 Å². The molecule has 1 atom stereocenters. The highest BCUT2D eigenvalue weighted by Gasteiger charge is 2.52. The highest BCUT2D eigenvalue weighted by Crippen LogP contribution is 2.40. The number of rotatable bonds is 1. The molecule has 24 heavy (non-hydrogen) atoms. The Morgan fingerprint density at radius 3 is 2.46 bits per heavy atom. The molecule has 0 amide bonds. The van der Waals surface area contributed by atoms with Crippen molar-refractivity contribution in [2.24, 2.45) is 4.99 Å². The van der Waals surface area contributed by atoms with Gasteiger partial charge in [0, 0.05) is 24.2 Å². The largest absolute Gasteiger partial charge is 0.374 e. The second kappa shape index (κ2) is 5.02. The Balaban J connectivity index is 1.87. The monoisotopic (exact) mass is 320 g/mol. The summed E-state index contributed by atoms with van der Waals surface area (Å²) in [7, 11) is 0. The van der Waals surface area contributed by atoms with Crippen molar-refractivity contribution in [1.29, 1.82) is 0 Å². The molecule has 1 fully saturated rings. The molecule has 1 unspecified atom stereocenters. The van der Waals surface area contributed by atoms with E-state index in [0.717, 1.165) is 16.8 Å². The Bertz CT molecular complexity index is 883. The zero-order chi connectivity index (χ0) is 17.1. The van der Waals surface area contributed by atoms with E-state index in [9.17, 15) is 9.90 Å². The first-order chi connectivity index (χ1) is 11.4. The van der Waals surface area contributed by atoms with Crippen molar-refractivity contribution in [3.8, 4) is 0 Å². The summed E-state index contributed by atoms with van der Waals surface area (Å²) in [5, 5.41) is 11.1. The third kappa shape index (κ3) is 2.03. The summed E-state index contributed by atoms with van der Waals surface area (Å²) in [5.74, 6) is 0.215. The fourth-order valence-electron chi connectivity index (χ4n) is 3.47. The number of aliphatic imine (C=N–C) groups is 1. The van der Waals surface area contributed by atoms with E-state index < -0.39 is 5.60 Å². The third-order valence-electron chi connectivity index (χ3n) is 5.13. The Hall–Kier alpha value is -2.46. The second-order valence-electron chi connectivity index (χ2n) is 6.82. The molecule has 0 spiro atoms. The Labute approximate surface area is 141 Å². The number of hydrogen-bond donors (Lipinski definition) is 1. The normalized spacial score (nSPS) is 22.2. The summed E-state index contributed by atoms with van der Waals surface area (Å²) in [6.07, 6.45) is 0.366. The standard InChI is InChI=1S/C20H20N2O2/c1-12-4-6-15(7-5-12)22-9-8-20(24)18(23)16-10-13(2)14(3)11-17(16)21-19(20)22/h4-7,10-11,24H,8-9H2,1-3H3. The van der Waals surface area contributed by atoms with Gasteiger partial charge in [-0.05, 0) is 56.2 Å². The molecular weight excluding hydrogens is 300 g/mol. The van der Waals surface area contributed by atoms with Crippen LogP contribution in [-0.2, 0) is 0 Å². The van der Waals surface area contributed by atoms with Gasteiger partial charge in [0.15, 0.2) is 5.60 Å². The Morgan fingerprint density at radius 1 is 1.08 bits per heavy atom. The van der Waals surface area contributed by atoms with Gasteiger partial charge in [-0.15, -0.1) is 0 Å². The molecule has 4 heteroatoms. The highest BCUT2D eigenvalue weighted by molar-refractivity contribution is 6.28. The SMILES string of the molecule is Cc1ccc(N2CCC3(O)C(=O)c4cc(C)c(C)cc4N=C23)cc1. The smallest absolute Gasteiger partial charge is 0.204 e. The number of Topliss-reactive ketones (excluding diaryl/α,β-unsaturated/α-hetero) is 1. The van der Waals surface area contributed by atoms with Gasteiger partial charge in [-0.25, -0.2) is 4.99 Å². The second-order valence-corrected chi connectivity index (χ2v) is 6.82. The van der Waals surface area contributed by atoms with Crippen LogP contribution in [-0.4, -0.2) is 28.9 Å². The summed E-state index contributed by atoms with van der Waals surface area (Å²) in [5.41, 5.74) is 3.92. The van der Waals surface area contributed by atoms with Gasteiger partial charge in [0.1, 0.15) is 5.84 Å². The van der Waals surface area contributed by atoms with Crippen LogP contribution in [0.4, 0.5) is 11.4 Å². The molecule has 2 aromatic carbocycles. The molecular formula is C20H20N2O2. The van der Waals surface area contributed by atoms with Gasteiger partial charge in [0.25, 0.3) is 0 Å². The lowest BCUT2D eigenvalue weighted by Gasteiger charge is -2.30.